The third-order valence-electron chi connectivity index (χ3n) is 2.18. The highest BCUT2D eigenvalue weighted by atomic mass is 16.5. The zero-order chi connectivity index (χ0) is 13.0. The second-order valence-electron chi connectivity index (χ2n) is 3.64. The first kappa shape index (κ1) is 12.3. The Morgan fingerprint density at radius 1 is 1.39 bits per heavy atom. The molecule has 0 spiro atoms. The van der Waals surface area contributed by atoms with Crippen LogP contribution in [0.5, 0.6) is 11.6 Å². The number of rotatable bonds is 5. The number of hydrogen-bond donors (Lipinski definition) is 1. The van der Waals surface area contributed by atoms with Crippen molar-refractivity contribution in [3.05, 3.63) is 24.3 Å². The van der Waals surface area contributed by atoms with E-state index in [-0.39, 0.29) is 0 Å². The molecule has 0 unspecified atom stereocenters. The molecule has 18 heavy (non-hydrogen) atoms. The van der Waals surface area contributed by atoms with E-state index < -0.39 is 0 Å². The quantitative estimate of drug-likeness (QED) is 0.858. The Morgan fingerprint density at radius 2 is 2.22 bits per heavy atom. The molecule has 7 heteroatoms. The summed E-state index contributed by atoms with van der Waals surface area (Å²) < 4.78 is 12.3. The van der Waals surface area contributed by atoms with Crippen LogP contribution in [0, 0.1) is 0 Å². The summed E-state index contributed by atoms with van der Waals surface area (Å²) in [5, 5.41) is 6.97. The Morgan fingerprint density at radius 3 is 2.83 bits per heavy atom. The molecule has 7 nitrogen and oxygen atoms in total. The second-order valence-corrected chi connectivity index (χ2v) is 3.64. The van der Waals surface area contributed by atoms with Gasteiger partial charge in [-0.05, 0) is 0 Å². The number of nitrogens with zero attached hydrogens (tertiary/aromatic N) is 4. The highest BCUT2D eigenvalue weighted by Crippen LogP contribution is 2.20. The van der Waals surface area contributed by atoms with E-state index in [2.05, 4.69) is 20.4 Å². The standard InChI is InChI=1S/C11H15N5O2/c1-12-9-4-11(15-10(14-9)7-17-3)18-8-5-13-16(2)6-8/h4-6H,7H2,1-3H3,(H,12,14,15). The van der Waals surface area contributed by atoms with Gasteiger partial charge >= 0.3 is 0 Å². The van der Waals surface area contributed by atoms with Gasteiger partial charge in [-0.15, -0.1) is 0 Å². The van der Waals surface area contributed by atoms with Gasteiger partial charge in [0.1, 0.15) is 12.4 Å². The van der Waals surface area contributed by atoms with Crippen LogP contribution in [0.4, 0.5) is 5.82 Å². The maximum absolute atomic E-state index is 5.60. The van der Waals surface area contributed by atoms with E-state index in [1.165, 1.54) is 0 Å². The van der Waals surface area contributed by atoms with Crippen molar-refractivity contribution < 1.29 is 9.47 Å². The largest absolute Gasteiger partial charge is 0.436 e. The van der Waals surface area contributed by atoms with Gasteiger partial charge in [-0.25, -0.2) is 4.98 Å². The lowest BCUT2D eigenvalue weighted by Gasteiger charge is -2.07. The van der Waals surface area contributed by atoms with Gasteiger partial charge < -0.3 is 14.8 Å². The number of methoxy groups -OCH3 is 1. The summed E-state index contributed by atoms with van der Waals surface area (Å²) in [5.74, 6) is 2.32. The molecule has 2 aromatic heterocycles. The van der Waals surface area contributed by atoms with Crippen molar-refractivity contribution in [2.24, 2.45) is 7.05 Å². The molecule has 0 amide bonds. The first-order valence-corrected chi connectivity index (χ1v) is 5.42. The Hall–Kier alpha value is -2.15. The van der Waals surface area contributed by atoms with Crippen molar-refractivity contribution in [3.8, 4) is 11.6 Å². The molecule has 2 heterocycles. The molecule has 0 aliphatic heterocycles. The zero-order valence-corrected chi connectivity index (χ0v) is 10.5. The van der Waals surface area contributed by atoms with E-state index >= 15 is 0 Å². The maximum atomic E-state index is 5.60. The molecular weight excluding hydrogens is 234 g/mol. The Bertz CT molecular complexity index is 526. The van der Waals surface area contributed by atoms with Crippen LogP contribution >= 0.6 is 0 Å². The number of ether oxygens (including phenoxy) is 2. The van der Waals surface area contributed by atoms with Crippen molar-refractivity contribution in [2.45, 2.75) is 6.61 Å². The van der Waals surface area contributed by atoms with Crippen LogP contribution in [-0.4, -0.2) is 33.9 Å². The summed E-state index contributed by atoms with van der Waals surface area (Å²) in [6, 6.07) is 1.71. The molecule has 0 saturated heterocycles. The van der Waals surface area contributed by atoms with Crippen molar-refractivity contribution in [1.82, 2.24) is 19.7 Å². The molecule has 0 fully saturated rings. The van der Waals surface area contributed by atoms with Crippen LogP contribution in [0.3, 0.4) is 0 Å². The van der Waals surface area contributed by atoms with E-state index in [4.69, 9.17) is 9.47 Å². The minimum absolute atomic E-state index is 0.332. The molecule has 0 aromatic carbocycles. The van der Waals surface area contributed by atoms with Gasteiger partial charge in [0.15, 0.2) is 11.6 Å². The smallest absolute Gasteiger partial charge is 0.224 e. The third kappa shape index (κ3) is 2.95. The fourth-order valence-electron chi connectivity index (χ4n) is 1.42. The van der Waals surface area contributed by atoms with Crippen LogP contribution < -0.4 is 10.1 Å². The van der Waals surface area contributed by atoms with Crippen LogP contribution in [0.1, 0.15) is 5.82 Å². The lowest BCUT2D eigenvalue weighted by molar-refractivity contribution is 0.177. The molecule has 2 rings (SSSR count). The normalized spacial score (nSPS) is 10.4. The predicted octanol–water partition coefficient (Wildman–Crippen LogP) is 1.19. The summed E-state index contributed by atoms with van der Waals surface area (Å²) in [7, 11) is 5.20. The number of aromatic nitrogens is 4. The average Bonchev–Trinajstić information content (AvgIpc) is 2.75. The van der Waals surface area contributed by atoms with Gasteiger partial charge in [0.05, 0.1) is 12.4 Å². The summed E-state index contributed by atoms with van der Waals surface area (Å²) in [5.41, 5.74) is 0. The minimum Gasteiger partial charge on any atom is -0.436 e. The average molecular weight is 249 g/mol. The van der Waals surface area contributed by atoms with E-state index in [1.807, 2.05) is 7.05 Å². The fourth-order valence-corrected chi connectivity index (χ4v) is 1.42. The Labute approximate surface area is 105 Å². The van der Waals surface area contributed by atoms with Gasteiger partial charge in [-0.2, -0.15) is 10.1 Å². The van der Waals surface area contributed by atoms with Crippen LogP contribution in [-0.2, 0) is 18.4 Å². The molecule has 0 aliphatic rings. The van der Waals surface area contributed by atoms with Gasteiger partial charge in [0.2, 0.25) is 5.88 Å². The van der Waals surface area contributed by atoms with Gasteiger partial charge in [0, 0.05) is 27.3 Å². The molecule has 0 aliphatic carbocycles. The maximum Gasteiger partial charge on any atom is 0.224 e. The van der Waals surface area contributed by atoms with E-state index in [9.17, 15) is 0 Å². The monoisotopic (exact) mass is 249 g/mol. The minimum atomic E-state index is 0.332. The lowest BCUT2D eigenvalue weighted by atomic mass is 10.5. The molecular formula is C11H15N5O2. The molecule has 2 aromatic rings. The summed E-state index contributed by atoms with van der Waals surface area (Å²) in [6.07, 6.45) is 3.38. The van der Waals surface area contributed by atoms with E-state index in [0.717, 1.165) is 0 Å². The highest BCUT2D eigenvalue weighted by Gasteiger charge is 2.06. The van der Waals surface area contributed by atoms with E-state index in [0.29, 0.717) is 29.9 Å². The number of aryl methyl sites for hydroxylation is 1. The van der Waals surface area contributed by atoms with Crippen LogP contribution in [0.25, 0.3) is 0 Å². The van der Waals surface area contributed by atoms with Gasteiger partial charge in [-0.3, -0.25) is 4.68 Å². The van der Waals surface area contributed by atoms with Gasteiger partial charge in [0.25, 0.3) is 0 Å². The molecule has 0 bridgehead atoms. The predicted molar refractivity (Wildman–Crippen MR) is 65.6 cm³/mol. The molecule has 0 saturated carbocycles. The van der Waals surface area contributed by atoms with Crippen LogP contribution in [0.2, 0.25) is 0 Å². The molecule has 0 atom stereocenters. The van der Waals surface area contributed by atoms with E-state index in [1.54, 1.807) is 37.3 Å². The van der Waals surface area contributed by atoms with Crippen molar-refractivity contribution in [1.29, 1.82) is 0 Å². The highest BCUT2D eigenvalue weighted by molar-refractivity contribution is 5.38. The molecule has 96 valence electrons. The topological polar surface area (TPSA) is 74.1 Å². The SMILES string of the molecule is CNc1cc(Oc2cnn(C)c2)nc(COC)n1. The third-order valence-corrected chi connectivity index (χ3v) is 2.18. The van der Waals surface area contributed by atoms with Crippen molar-refractivity contribution in [2.75, 3.05) is 19.5 Å². The first-order chi connectivity index (χ1) is 8.71. The molecule has 0 radical (unpaired) electrons. The number of hydrogen-bond acceptors (Lipinski definition) is 6. The van der Waals surface area contributed by atoms with Crippen LogP contribution in [0.15, 0.2) is 18.5 Å². The van der Waals surface area contributed by atoms with Crippen molar-refractivity contribution in [3.63, 3.8) is 0 Å². The summed E-state index contributed by atoms with van der Waals surface area (Å²) in [6.45, 7) is 0.332. The Kier molecular flexibility index (Phi) is 3.73. The van der Waals surface area contributed by atoms with Crippen molar-refractivity contribution >= 4 is 5.82 Å². The van der Waals surface area contributed by atoms with Gasteiger partial charge in [-0.1, -0.05) is 0 Å². The zero-order valence-electron chi connectivity index (χ0n) is 10.5. The second kappa shape index (κ2) is 5.46. The fraction of sp³-hybridized carbons (Fsp3) is 0.364. The number of anilines is 1. The summed E-state index contributed by atoms with van der Waals surface area (Å²) in [4.78, 5) is 8.48. The molecule has 1 N–H and O–H groups in total. The Balaban J connectivity index is 2.23. The summed E-state index contributed by atoms with van der Waals surface area (Å²) >= 11 is 0. The first-order valence-electron chi connectivity index (χ1n) is 5.42. The number of nitrogens with one attached hydrogen (secondary N) is 1. The lowest BCUT2D eigenvalue weighted by Crippen LogP contribution is -2.02.